The molecule has 3 aromatic rings. The highest BCUT2D eigenvalue weighted by atomic mass is 16.5. The lowest BCUT2D eigenvalue weighted by Crippen LogP contribution is -2.24. The van der Waals surface area contributed by atoms with E-state index in [0.717, 1.165) is 46.5 Å². The third kappa shape index (κ3) is 3.24. The van der Waals surface area contributed by atoms with Crippen molar-refractivity contribution >= 4 is 10.9 Å². The van der Waals surface area contributed by atoms with Gasteiger partial charge in [0, 0.05) is 41.5 Å². The zero-order chi connectivity index (χ0) is 18.1. The molecule has 0 saturated heterocycles. The molecule has 6 nitrogen and oxygen atoms in total. The zero-order valence-electron chi connectivity index (χ0n) is 15.2. The van der Waals surface area contributed by atoms with Crippen LogP contribution in [0, 0.1) is 0 Å². The van der Waals surface area contributed by atoms with Crippen molar-refractivity contribution in [2.75, 3.05) is 14.2 Å². The Kier molecular flexibility index (Phi) is 4.51. The Morgan fingerprint density at radius 1 is 1.23 bits per heavy atom. The molecule has 136 valence electrons. The zero-order valence-corrected chi connectivity index (χ0v) is 15.2. The summed E-state index contributed by atoms with van der Waals surface area (Å²) in [4.78, 5) is 17.5. The van der Waals surface area contributed by atoms with Gasteiger partial charge in [-0.1, -0.05) is 5.16 Å². The number of rotatable bonds is 5. The van der Waals surface area contributed by atoms with E-state index in [1.807, 2.05) is 31.3 Å². The van der Waals surface area contributed by atoms with Crippen molar-refractivity contribution in [1.82, 2.24) is 15.0 Å². The molecular weight excluding hydrogens is 330 g/mol. The van der Waals surface area contributed by atoms with E-state index in [1.54, 1.807) is 7.11 Å². The highest BCUT2D eigenvalue weighted by Crippen LogP contribution is 2.25. The number of hydrogen-bond donors (Lipinski definition) is 1. The Balaban J connectivity index is 1.55. The van der Waals surface area contributed by atoms with E-state index in [2.05, 4.69) is 15.0 Å². The number of aromatic nitrogens is 2. The van der Waals surface area contributed by atoms with Crippen LogP contribution < -0.4 is 10.3 Å². The van der Waals surface area contributed by atoms with Crippen LogP contribution in [-0.2, 0) is 25.9 Å². The molecule has 1 aliphatic rings. The molecular formula is C20H23N3O3. The third-order valence-corrected chi connectivity index (χ3v) is 5.02. The first kappa shape index (κ1) is 16.8. The molecule has 0 spiro atoms. The molecule has 0 unspecified atom stereocenters. The van der Waals surface area contributed by atoms with E-state index < -0.39 is 0 Å². The fourth-order valence-electron chi connectivity index (χ4n) is 3.65. The topological polar surface area (TPSA) is 71.4 Å². The Morgan fingerprint density at radius 2 is 2.08 bits per heavy atom. The maximum Gasteiger partial charge on any atom is 0.252 e. The average molecular weight is 353 g/mol. The van der Waals surface area contributed by atoms with E-state index in [-0.39, 0.29) is 5.56 Å². The molecule has 1 aromatic carbocycles. The quantitative estimate of drug-likeness (QED) is 0.763. The molecule has 2 aromatic heterocycles. The summed E-state index contributed by atoms with van der Waals surface area (Å²) in [7, 11) is 3.64. The van der Waals surface area contributed by atoms with Gasteiger partial charge in [0.2, 0.25) is 0 Å². The van der Waals surface area contributed by atoms with E-state index in [4.69, 9.17) is 9.26 Å². The molecule has 4 rings (SSSR count). The Bertz CT molecular complexity index is 990. The molecule has 26 heavy (non-hydrogen) atoms. The van der Waals surface area contributed by atoms with Crippen LogP contribution in [0.3, 0.4) is 0 Å². The number of hydrogen-bond acceptors (Lipinski definition) is 5. The number of benzene rings is 1. The summed E-state index contributed by atoms with van der Waals surface area (Å²) < 4.78 is 10.8. The van der Waals surface area contributed by atoms with Crippen LogP contribution >= 0.6 is 0 Å². The van der Waals surface area contributed by atoms with Crippen molar-refractivity contribution in [2.45, 2.75) is 38.8 Å². The Labute approximate surface area is 151 Å². The fraction of sp³-hybridized carbons (Fsp3) is 0.400. The maximum absolute atomic E-state index is 12.4. The second kappa shape index (κ2) is 6.96. The lowest BCUT2D eigenvalue weighted by atomic mass is 9.96. The van der Waals surface area contributed by atoms with Crippen molar-refractivity contribution in [3.8, 4) is 5.75 Å². The van der Waals surface area contributed by atoms with Gasteiger partial charge in [-0.05, 0) is 50.6 Å². The van der Waals surface area contributed by atoms with Crippen LogP contribution in [0.15, 0.2) is 33.6 Å². The average Bonchev–Trinajstić information content (AvgIpc) is 3.05. The number of H-pyrrole nitrogens is 1. The van der Waals surface area contributed by atoms with Crippen molar-refractivity contribution in [2.24, 2.45) is 0 Å². The molecule has 0 atom stereocenters. The van der Waals surface area contributed by atoms with Crippen molar-refractivity contribution < 1.29 is 9.26 Å². The highest BCUT2D eigenvalue weighted by Gasteiger charge is 2.20. The van der Waals surface area contributed by atoms with Gasteiger partial charge < -0.3 is 14.2 Å². The fourth-order valence-corrected chi connectivity index (χ4v) is 3.65. The van der Waals surface area contributed by atoms with Gasteiger partial charge >= 0.3 is 0 Å². The lowest BCUT2D eigenvalue weighted by molar-refractivity contribution is 0.300. The standard InChI is InChI=1S/C20H23N3O3/c1-23(12-18-16-5-3-4-6-19(16)26-22-18)11-14-9-13-10-15(25-2)7-8-17(13)21-20(14)24/h7-10H,3-6,11-12H2,1-2H3,(H,21,24). The minimum Gasteiger partial charge on any atom is -0.497 e. The molecule has 1 aliphatic carbocycles. The molecule has 6 heteroatoms. The summed E-state index contributed by atoms with van der Waals surface area (Å²) in [6, 6.07) is 7.58. The largest absolute Gasteiger partial charge is 0.497 e. The van der Waals surface area contributed by atoms with Gasteiger partial charge in [-0.3, -0.25) is 9.69 Å². The van der Waals surface area contributed by atoms with Crippen LogP contribution in [0.1, 0.15) is 35.4 Å². The number of fused-ring (bicyclic) bond motifs is 2. The number of nitrogens with zero attached hydrogens (tertiary/aromatic N) is 2. The Hall–Kier alpha value is -2.60. The molecule has 0 bridgehead atoms. The van der Waals surface area contributed by atoms with Gasteiger partial charge in [-0.25, -0.2) is 0 Å². The van der Waals surface area contributed by atoms with Crippen LogP contribution in [0.25, 0.3) is 10.9 Å². The summed E-state index contributed by atoms with van der Waals surface area (Å²) in [5, 5.41) is 5.22. The minimum atomic E-state index is -0.0586. The summed E-state index contributed by atoms with van der Waals surface area (Å²) in [5.74, 6) is 1.81. The van der Waals surface area contributed by atoms with Crippen LogP contribution in [0.4, 0.5) is 0 Å². The second-order valence-corrected chi connectivity index (χ2v) is 6.99. The molecule has 0 aliphatic heterocycles. The molecule has 1 N–H and O–H groups in total. The van der Waals surface area contributed by atoms with Crippen LogP contribution in [-0.4, -0.2) is 29.2 Å². The molecule has 0 fully saturated rings. The molecule has 0 radical (unpaired) electrons. The Morgan fingerprint density at radius 3 is 2.92 bits per heavy atom. The van der Waals surface area contributed by atoms with E-state index in [0.29, 0.717) is 13.1 Å². The monoisotopic (exact) mass is 353 g/mol. The number of methoxy groups -OCH3 is 1. The van der Waals surface area contributed by atoms with Gasteiger partial charge in [0.15, 0.2) is 0 Å². The van der Waals surface area contributed by atoms with Gasteiger partial charge in [-0.2, -0.15) is 0 Å². The number of pyridine rings is 1. The van der Waals surface area contributed by atoms with E-state index in [1.165, 1.54) is 18.4 Å². The number of aryl methyl sites for hydroxylation is 1. The summed E-state index contributed by atoms with van der Waals surface area (Å²) in [6.45, 7) is 1.22. The van der Waals surface area contributed by atoms with Gasteiger partial charge in [0.1, 0.15) is 17.2 Å². The van der Waals surface area contributed by atoms with Gasteiger partial charge in [-0.15, -0.1) is 0 Å². The predicted octanol–water partition coefficient (Wildman–Crippen LogP) is 3.04. The SMILES string of the molecule is COc1ccc2[nH]c(=O)c(CN(C)Cc3noc4c3CCCC4)cc2c1. The summed E-state index contributed by atoms with van der Waals surface area (Å²) in [6.07, 6.45) is 4.39. The minimum absolute atomic E-state index is 0.0586. The number of aromatic amines is 1. The lowest BCUT2D eigenvalue weighted by Gasteiger charge is -2.17. The van der Waals surface area contributed by atoms with Crippen LogP contribution in [0.5, 0.6) is 5.75 Å². The van der Waals surface area contributed by atoms with Crippen molar-refractivity contribution in [3.05, 3.63) is 57.2 Å². The first-order valence-electron chi connectivity index (χ1n) is 8.99. The summed E-state index contributed by atoms with van der Waals surface area (Å²) in [5.41, 5.74) is 3.75. The second-order valence-electron chi connectivity index (χ2n) is 6.99. The maximum atomic E-state index is 12.4. The summed E-state index contributed by atoms with van der Waals surface area (Å²) >= 11 is 0. The van der Waals surface area contributed by atoms with Crippen molar-refractivity contribution in [3.63, 3.8) is 0 Å². The predicted molar refractivity (Wildman–Crippen MR) is 99.4 cm³/mol. The number of ether oxygens (including phenoxy) is 1. The first-order chi connectivity index (χ1) is 12.6. The third-order valence-electron chi connectivity index (χ3n) is 5.02. The van der Waals surface area contributed by atoms with E-state index >= 15 is 0 Å². The van der Waals surface area contributed by atoms with Crippen LogP contribution in [0.2, 0.25) is 0 Å². The normalized spacial score (nSPS) is 14.0. The van der Waals surface area contributed by atoms with Gasteiger partial charge in [0.25, 0.3) is 5.56 Å². The smallest absolute Gasteiger partial charge is 0.252 e. The first-order valence-corrected chi connectivity index (χ1v) is 8.99. The highest BCUT2D eigenvalue weighted by molar-refractivity contribution is 5.80. The van der Waals surface area contributed by atoms with E-state index in [9.17, 15) is 4.79 Å². The molecule has 0 amide bonds. The van der Waals surface area contributed by atoms with Gasteiger partial charge in [0.05, 0.1) is 7.11 Å². The molecule has 2 heterocycles. The molecule has 0 saturated carbocycles. The van der Waals surface area contributed by atoms with Crippen molar-refractivity contribution in [1.29, 1.82) is 0 Å². The number of nitrogens with one attached hydrogen (secondary N) is 1.